The van der Waals surface area contributed by atoms with E-state index in [1.807, 2.05) is 0 Å². The Morgan fingerprint density at radius 2 is 1.68 bits per heavy atom. The summed E-state index contributed by atoms with van der Waals surface area (Å²) in [6.07, 6.45) is 1.32. The van der Waals surface area contributed by atoms with E-state index in [0.717, 1.165) is 11.6 Å². The van der Waals surface area contributed by atoms with Crippen molar-refractivity contribution in [3.63, 3.8) is 0 Å². The maximum Gasteiger partial charge on any atom is 0.216 e. The first-order valence-corrected chi connectivity index (χ1v) is 11.0. The molecule has 2 aromatic carbocycles. The van der Waals surface area contributed by atoms with Crippen molar-refractivity contribution >= 4 is 50.3 Å². The van der Waals surface area contributed by atoms with Gasteiger partial charge in [-0.3, -0.25) is 4.72 Å². The van der Waals surface area contributed by atoms with Gasteiger partial charge in [-0.1, -0.05) is 0 Å². The summed E-state index contributed by atoms with van der Waals surface area (Å²) in [5.74, 6) is -0.969. The highest BCUT2D eigenvalue weighted by atomic mass is 32.2. The van der Waals surface area contributed by atoms with Crippen LogP contribution in [0.1, 0.15) is 0 Å². The van der Waals surface area contributed by atoms with E-state index < -0.39 is 20.3 Å². The maximum atomic E-state index is 15.0. The number of hydrogen-bond acceptors (Lipinski definition) is 4. The minimum Gasteiger partial charge on any atom is -0.339 e. The number of benzene rings is 2. The van der Waals surface area contributed by atoms with Crippen molar-refractivity contribution in [1.29, 1.82) is 0 Å². The summed E-state index contributed by atoms with van der Waals surface area (Å²) in [5, 5.41) is 0.587. The number of aromatic nitrogens is 3. The molecule has 2 aromatic heterocycles. The second kappa shape index (κ2) is 7.53. The second-order valence-corrected chi connectivity index (χ2v) is 10.5. The molecule has 0 radical (unpaired) electrons. The Morgan fingerprint density at radius 3 is 2.32 bits per heavy atom. The van der Waals surface area contributed by atoms with Crippen molar-refractivity contribution in [1.82, 2.24) is 15.0 Å². The monoisotopic (exact) mass is 436 g/mol. The summed E-state index contributed by atoms with van der Waals surface area (Å²) >= 11 is 0. The first-order chi connectivity index (χ1) is 14.5. The van der Waals surface area contributed by atoms with Gasteiger partial charge in [-0.2, -0.15) is 0 Å². The Labute approximate surface area is 180 Å². The van der Waals surface area contributed by atoms with Crippen molar-refractivity contribution in [3.8, 4) is 22.5 Å². The Kier molecular flexibility index (Phi) is 5.13. The third kappa shape index (κ3) is 4.07. The quantitative estimate of drug-likeness (QED) is 0.454. The van der Waals surface area contributed by atoms with Gasteiger partial charge < -0.3 is 4.98 Å². The molecular weight excluding hydrogens is 419 g/mol. The number of sulfonamides is 1. The lowest BCUT2D eigenvalue weighted by Gasteiger charge is -2.20. The molecular formula is C19H17B3F2N4O2S. The van der Waals surface area contributed by atoms with Crippen LogP contribution in [0.25, 0.3) is 33.5 Å². The van der Waals surface area contributed by atoms with Crippen LogP contribution in [0.5, 0.6) is 0 Å². The number of hydrogen-bond donors (Lipinski definition) is 2. The fraction of sp³-hybridized carbons (Fsp3) is 0.0526. The van der Waals surface area contributed by atoms with Gasteiger partial charge in [0, 0.05) is 21.1 Å². The predicted molar refractivity (Wildman–Crippen MR) is 126 cm³/mol. The number of rotatable bonds is 5. The number of aromatic amines is 1. The van der Waals surface area contributed by atoms with Crippen LogP contribution in [0.2, 0.25) is 0 Å². The molecule has 0 amide bonds. The molecule has 0 spiro atoms. The molecule has 2 N–H and O–H groups in total. The number of nitrogens with zero attached hydrogens (tertiary/aromatic N) is 2. The number of anilines is 1. The molecule has 0 aliphatic carbocycles. The van der Waals surface area contributed by atoms with E-state index >= 15 is 0 Å². The highest BCUT2D eigenvalue weighted by Gasteiger charge is 2.29. The SMILES string of the molecule is BC(B)(B)S(=O)(=O)Nc1ccc(-c2ncnc3[nH]c(-c4ccc(F)cc4)cc23)c(F)c1. The number of halogens is 2. The fourth-order valence-corrected chi connectivity index (χ4v) is 3.76. The first-order valence-electron chi connectivity index (χ1n) is 9.47. The smallest absolute Gasteiger partial charge is 0.216 e. The Balaban J connectivity index is 1.74. The van der Waals surface area contributed by atoms with Gasteiger partial charge in [0.25, 0.3) is 0 Å². The molecule has 0 aliphatic heterocycles. The normalized spacial score (nSPS) is 12.2. The molecule has 0 aliphatic rings. The molecule has 0 fully saturated rings. The van der Waals surface area contributed by atoms with E-state index in [4.69, 9.17) is 0 Å². The summed E-state index contributed by atoms with van der Waals surface area (Å²) in [6, 6.07) is 11.8. The fourth-order valence-electron chi connectivity index (χ4n) is 3.02. The van der Waals surface area contributed by atoms with E-state index in [1.165, 1.54) is 30.6 Å². The molecule has 2 heterocycles. The highest BCUT2D eigenvalue weighted by Crippen LogP contribution is 2.32. The number of nitrogens with one attached hydrogen (secondary N) is 2. The van der Waals surface area contributed by atoms with Crippen molar-refractivity contribution < 1.29 is 17.2 Å². The molecule has 0 saturated carbocycles. The molecule has 12 heteroatoms. The highest BCUT2D eigenvalue weighted by molar-refractivity contribution is 7.98. The lowest BCUT2D eigenvalue weighted by Crippen LogP contribution is -2.44. The van der Waals surface area contributed by atoms with Gasteiger partial charge in [0.1, 0.15) is 47.1 Å². The van der Waals surface area contributed by atoms with Crippen LogP contribution in [0, 0.1) is 11.6 Å². The van der Waals surface area contributed by atoms with E-state index in [0.29, 0.717) is 22.4 Å². The van der Waals surface area contributed by atoms with E-state index in [1.54, 1.807) is 41.7 Å². The maximum absolute atomic E-state index is 15.0. The molecule has 4 aromatic rings. The van der Waals surface area contributed by atoms with Gasteiger partial charge in [0.05, 0.1) is 11.4 Å². The van der Waals surface area contributed by atoms with Gasteiger partial charge in [-0.05, 0) is 54.1 Å². The van der Waals surface area contributed by atoms with Crippen molar-refractivity contribution in [2.24, 2.45) is 0 Å². The van der Waals surface area contributed by atoms with Gasteiger partial charge in [0.2, 0.25) is 10.0 Å². The van der Waals surface area contributed by atoms with E-state index in [2.05, 4.69) is 19.7 Å². The summed E-state index contributed by atoms with van der Waals surface area (Å²) in [6.45, 7) is 0. The Bertz CT molecular complexity index is 1390. The Hall–Kier alpha value is -3.14. The van der Waals surface area contributed by atoms with E-state index in [9.17, 15) is 17.2 Å². The van der Waals surface area contributed by atoms with Crippen LogP contribution in [0.15, 0.2) is 54.9 Å². The van der Waals surface area contributed by atoms with Crippen LogP contribution in [0.3, 0.4) is 0 Å². The molecule has 0 bridgehead atoms. The van der Waals surface area contributed by atoms with Crippen LogP contribution in [0.4, 0.5) is 14.5 Å². The molecule has 0 saturated heterocycles. The van der Waals surface area contributed by atoms with Crippen LogP contribution >= 0.6 is 0 Å². The van der Waals surface area contributed by atoms with Crippen molar-refractivity contribution in [3.05, 3.63) is 66.5 Å². The van der Waals surface area contributed by atoms with Crippen LogP contribution in [-0.2, 0) is 10.0 Å². The lowest BCUT2D eigenvalue weighted by molar-refractivity contribution is 0.601. The molecule has 31 heavy (non-hydrogen) atoms. The van der Waals surface area contributed by atoms with Crippen molar-refractivity contribution in [2.75, 3.05) is 4.72 Å². The standard InChI is InChI=1S/C19H17B3F2N4O2S/c20-19(21,22)31(29,30)28-12-5-6-13(15(24)7-12)17-14-8-16(27-18(14)26-9-25-17)10-1-3-11(23)4-2-10/h1-9,28H,20-22H2,(H,25,26,27). The summed E-state index contributed by atoms with van der Waals surface area (Å²) in [4.78, 5) is 11.6. The first kappa shape index (κ1) is 21.1. The summed E-state index contributed by atoms with van der Waals surface area (Å²) in [5.41, 5.74) is 2.63. The lowest BCUT2D eigenvalue weighted by atomic mass is 9.56. The van der Waals surface area contributed by atoms with Gasteiger partial charge in [-0.15, -0.1) is 0 Å². The van der Waals surface area contributed by atoms with Crippen LogP contribution < -0.4 is 4.72 Å². The van der Waals surface area contributed by atoms with Gasteiger partial charge in [-0.25, -0.2) is 27.2 Å². The third-order valence-electron chi connectivity index (χ3n) is 4.86. The van der Waals surface area contributed by atoms with Crippen molar-refractivity contribution in [2.45, 2.75) is 4.45 Å². The third-order valence-corrected chi connectivity index (χ3v) is 6.98. The topological polar surface area (TPSA) is 87.7 Å². The van der Waals surface area contributed by atoms with Crippen LogP contribution in [-0.4, -0.2) is 51.4 Å². The minimum atomic E-state index is -3.68. The predicted octanol–water partition coefficient (Wildman–Crippen LogP) is 0.822. The molecule has 6 nitrogen and oxygen atoms in total. The zero-order chi connectivity index (χ0) is 22.4. The minimum absolute atomic E-state index is 0.127. The number of H-pyrrole nitrogens is 1. The second-order valence-electron chi connectivity index (χ2n) is 8.09. The average molecular weight is 436 g/mol. The molecule has 154 valence electrons. The molecule has 0 atom stereocenters. The number of fused-ring (bicyclic) bond motifs is 1. The molecule has 0 unspecified atom stereocenters. The zero-order valence-corrected chi connectivity index (χ0v) is 17.9. The Morgan fingerprint density at radius 1 is 0.968 bits per heavy atom. The summed E-state index contributed by atoms with van der Waals surface area (Å²) in [7, 11) is 0.989. The summed E-state index contributed by atoms with van der Waals surface area (Å²) < 4.78 is 54.2. The largest absolute Gasteiger partial charge is 0.339 e. The van der Waals surface area contributed by atoms with Gasteiger partial charge >= 0.3 is 0 Å². The molecule has 4 rings (SSSR count). The average Bonchev–Trinajstić information content (AvgIpc) is 3.12. The zero-order valence-electron chi connectivity index (χ0n) is 17.1. The van der Waals surface area contributed by atoms with Gasteiger partial charge in [0.15, 0.2) is 0 Å². The van der Waals surface area contributed by atoms with E-state index in [-0.39, 0.29) is 17.1 Å².